The zero-order chi connectivity index (χ0) is 13.2. The standard InChI is InChI=1S/C16H20O3/c1-18-14-5-3-11(6-7-17)9-16(14)19-15-10-12-2-4-13(15)8-12/h3,5,7,9,12-13,15H,2,4,6,8,10H2,1H3. The Balaban J connectivity index is 1.78. The first kappa shape index (κ1) is 12.5. The third kappa shape index (κ3) is 2.46. The van der Waals surface area contributed by atoms with Crippen LogP contribution in [0.3, 0.4) is 0 Å². The predicted octanol–water partition coefficient (Wildman–Crippen LogP) is 3.00. The van der Waals surface area contributed by atoms with Gasteiger partial charge in [0.05, 0.1) is 7.11 Å². The van der Waals surface area contributed by atoms with Crippen LogP contribution < -0.4 is 9.47 Å². The Hall–Kier alpha value is -1.51. The van der Waals surface area contributed by atoms with Gasteiger partial charge in [0.2, 0.25) is 0 Å². The summed E-state index contributed by atoms with van der Waals surface area (Å²) >= 11 is 0. The first-order chi connectivity index (χ1) is 9.30. The van der Waals surface area contributed by atoms with Gasteiger partial charge < -0.3 is 14.3 Å². The summed E-state index contributed by atoms with van der Waals surface area (Å²) in [6, 6.07) is 5.75. The summed E-state index contributed by atoms with van der Waals surface area (Å²) in [5.41, 5.74) is 0.981. The molecular formula is C16H20O3. The lowest BCUT2D eigenvalue weighted by Gasteiger charge is -2.24. The fourth-order valence-corrected chi connectivity index (χ4v) is 3.53. The molecule has 2 aliphatic rings. The minimum atomic E-state index is 0.333. The third-order valence-electron chi connectivity index (χ3n) is 4.50. The van der Waals surface area contributed by atoms with Crippen molar-refractivity contribution in [2.24, 2.45) is 11.8 Å². The number of aldehydes is 1. The van der Waals surface area contributed by atoms with E-state index < -0.39 is 0 Å². The lowest BCUT2D eigenvalue weighted by Crippen LogP contribution is -2.23. The molecule has 0 heterocycles. The van der Waals surface area contributed by atoms with Crippen LogP contribution in [0.2, 0.25) is 0 Å². The van der Waals surface area contributed by atoms with Crippen molar-refractivity contribution in [3.05, 3.63) is 23.8 Å². The SMILES string of the molecule is COc1ccc(CC=O)cc1OC1CC2CCC1C2. The van der Waals surface area contributed by atoms with Crippen LogP contribution in [0.4, 0.5) is 0 Å². The molecule has 3 atom stereocenters. The number of hydrogen-bond donors (Lipinski definition) is 0. The van der Waals surface area contributed by atoms with Crippen molar-refractivity contribution < 1.29 is 14.3 Å². The molecule has 0 aliphatic heterocycles. The molecule has 3 rings (SSSR count). The van der Waals surface area contributed by atoms with Crippen LogP contribution in [0.5, 0.6) is 11.5 Å². The van der Waals surface area contributed by atoms with Crippen LogP contribution in [-0.2, 0) is 11.2 Å². The summed E-state index contributed by atoms with van der Waals surface area (Å²) in [4.78, 5) is 10.6. The quantitative estimate of drug-likeness (QED) is 0.763. The molecule has 0 amide bonds. The van der Waals surface area contributed by atoms with Crippen molar-refractivity contribution in [1.82, 2.24) is 0 Å². The summed E-state index contributed by atoms with van der Waals surface area (Å²) in [6.07, 6.45) is 6.84. The maximum Gasteiger partial charge on any atom is 0.161 e. The third-order valence-corrected chi connectivity index (χ3v) is 4.50. The zero-order valence-electron chi connectivity index (χ0n) is 11.3. The highest BCUT2D eigenvalue weighted by atomic mass is 16.5. The van der Waals surface area contributed by atoms with E-state index in [2.05, 4.69) is 0 Å². The first-order valence-electron chi connectivity index (χ1n) is 7.07. The van der Waals surface area contributed by atoms with Crippen molar-refractivity contribution in [3.8, 4) is 11.5 Å². The Bertz CT molecular complexity index is 469. The Morgan fingerprint density at radius 2 is 2.16 bits per heavy atom. The van der Waals surface area contributed by atoms with Crippen molar-refractivity contribution in [3.63, 3.8) is 0 Å². The largest absolute Gasteiger partial charge is 0.493 e. The van der Waals surface area contributed by atoms with Gasteiger partial charge in [0.25, 0.3) is 0 Å². The van der Waals surface area contributed by atoms with Crippen LogP contribution in [0.15, 0.2) is 18.2 Å². The Kier molecular flexibility index (Phi) is 3.45. The molecule has 1 aromatic carbocycles. The molecule has 1 aromatic rings. The van der Waals surface area contributed by atoms with E-state index in [1.165, 1.54) is 25.7 Å². The second-order valence-corrected chi connectivity index (χ2v) is 5.69. The minimum absolute atomic E-state index is 0.333. The molecule has 102 valence electrons. The average Bonchev–Trinajstić information content (AvgIpc) is 3.02. The molecule has 19 heavy (non-hydrogen) atoms. The molecule has 2 fully saturated rings. The maximum absolute atomic E-state index is 10.6. The highest BCUT2D eigenvalue weighted by molar-refractivity contribution is 5.56. The van der Waals surface area contributed by atoms with Crippen molar-refractivity contribution in [2.45, 2.75) is 38.2 Å². The van der Waals surface area contributed by atoms with Gasteiger partial charge in [-0.3, -0.25) is 0 Å². The summed E-state index contributed by atoms with van der Waals surface area (Å²) in [7, 11) is 1.66. The Labute approximate surface area is 113 Å². The van der Waals surface area contributed by atoms with Crippen LogP contribution in [0.25, 0.3) is 0 Å². The first-order valence-corrected chi connectivity index (χ1v) is 7.07. The van der Waals surface area contributed by atoms with Gasteiger partial charge in [0.15, 0.2) is 11.5 Å². The van der Waals surface area contributed by atoms with Crippen LogP contribution in [0.1, 0.15) is 31.2 Å². The molecule has 2 bridgehead atoms. The highest BCUT2D eigenvalue weighted by Crippen LogP contribution is 2.46. The van der Waals surface area contributed by atoms with Gasteiger partial charge in [-0.1, -0.05) is 6.07 Å². The zero-order valence-corrected chi connectivity index (χ0v) is 11.3. The molecule has 0 N–H and O–H groups in total. The molecule has 3 nitrogen and oxygen atoms in total. The van der Waals surface area contributed by atoms with E-state index in [9.17, 15) is 4.79 Å². The van der Waals surface area contributed by atoms with E-state index >= 15 is 0 Å². The summed E-state index contributed by atoms with van der Waals surface area (Å²) < 4.78 is 11.5. The lowest BCUT2D eigenvalue weighted by molar-refractivity contribution is -0.107. The number of benzene rings is 1. The van der Waals surface area contributed by atoms with E-state index in [1.807, 2.05) is 18.2 Å². The van der Waals surface area contributed by atoms with E-state index in [4.69, 9.17) is 9.47 Å². The van der Waals surface area contributed by atoms with Gasteiger partial charge in [0, 0.05) is 6.42 Å². The number of hydrogen-bond acceptors (Lipinski definition) is 3. The van der Waals surface area contributed by atoms with Crippen molar-refractivity contribution in [2.75, 3.05) is 7.11 Å². The van der Waals surface area contributed by atoms with Gasteiger partial charge in [-0.25, -0.2) is 0 Å². The molecule has 2 saturated carbocycles. The van der Waals surface area contributed by atoms with Crippen molar-refractivity contribution >= 4 is 6.29 Å². The molecule has 0 spiro atoms. The van der Waals surface area contributed by atoms with E-state index in [0.717, 1.165) is 29.3 Å². The van der Waals surface area contributed by atoms with E-state index in [1.54, 1.807) is 7.11 Å². The van der Waals surface area contributed by atoms with Gasteiger partial charge in [-0.05, 0) is 55.2 Å². The second kappa shape index (κ2) is 5.24. The van der Waals surface area contributed by atoms with Crippen molar-refractivity contribution in [1.29, 1.82) is 0 Å². The predicted molar refractivity (Wildman–Crippen MR) is 72.6 cm³/mol. The molecule has 3 heteroatoms. The van der Waals surface area contributed by atoms with E-state index in [-0.39, 0.29) is 0 Å². The number of rotatable bonds is 5. The molecule has 0 radical (unpaired) electrons. The van der Waals surface area contributed by atoms with E-state index in [0.29, 0.717) is 18.4 Å². The molecule has 2 aliphatic carbocycles. The monoisotopic (exact) mass is 260 g/mol. The van der Waals surface area contributed by atoms with Gasteiger partial charge in [0.1, 0.15) is 12.4 Å². The topological polar surface area (TPSA) is 35.5 Å². The van der Waals surface area contributed by atoms with Gasteiger partial charge in [-0.2, -0.15) is 0 Å². The summed E-state index contributed by atoms with van der Waals surface area (Å²) in [5, 5.41) is 0. The summed E-state index contributed by atoms with van der Waals surface area (Å²) in [6.45, 7) is 0. The fourth-order valence-electron chi connectivity index (χ4n) is 3.53. The van der Waals surface area contributed by atoms with Gasteiger partial charge >= 0.3 is 0 Å². The fraction of sp³-hybridized carbons (Fsp3) is 0.562. The number of carbonyl (C=O) groups is 1. The molecule has 0 saturated heterocycles. The lowest BCUT2D eigenvalue weighted by atomic mass is 9.97. The molecule has 0 aromatic heterocycles. The number of fused-ring (bicyclic) bond motifs is 2. The highest BCUT2D eigenvalue weighted by Gasteiger charge is 2.41. The number of ether oxygens (including phenoxy) is 2. The van der Waals surface area contributed by atoms with Crippen LogP contribution >= 0.6 is 0 Å². The van der Waals surface area contributed by atoms with Gasteiger partial charge in [-0.15, -0.1) is 0 Å². The smallest absolute Gasteiger partial charge is 0.161 e. The van der Waals surface area contributed by atoms with Crippen LogP contribution in [-0.4, -0.2) is 19.5 Å². The number of methoxy groups -OCH3 is 1. The normalized spacial score (nSPS) is 28.4. The Morgan fingerprint density at radius 3 is 2.79 bits per heavy atom. The minimum Gasteiger partial charge on any atom is -0.493 e. The molecule has 3 unspecified atom stereocenters. The maximum atomic E-state index is 10.6. The Morgan fingerprint density at radius 1 is 1.26 bits per heavy atom. The number of carbonyl (C=O) groups excluding carboxylic acids is 1. The summed E-state index contributed by atoms with van der Waals surface area (Å²) in [5.74, 6) is 3.13. The second-order valence-electron chi connectivity index (χ2n) is 5.69. The van der Waals surface area contributed by atoms with Crippen LogP contribution in [0, 0.1) is 11.8 Å². The average molecular weight is 260 g/mol. The molecular weight excluding hydrogens is 240 g/mol.